The maximum Gasteiger partial charge on any atom is 0.281 e. The summed E-state index contributed by atoms with van der Waals surface area (Å²) >= 11 is 6.98. The summed E-state index contributed by atoms with van der Waals surface area (Å²) in [4.78, 5) is 19.5. The van der Waals surface area contributed by atoms with Gasteiger partial charge in [0.2, 0.25) is 0 Å². The molecule has 0 aliphatic heterocycles. The molecular weight excluding hydrogens is 364 g/mol. The second-order valence-electron chi connectivity index (χ2n) is 6.41. The molecule has 0 atom stereocenters. The number of hydrogen-bond donors (Lipinski definition) is 2. The Morgan fingerprint density at radius 1 is 1.23 bits per heavy atom. The Hall–Kier alpha value is -2.25. The van der Waals surface area contributed by atoms with E-state index in [9.17, 15) is 4.79 Å². The smallest absolute Gasteiger partial charge is 0.281 e. The van der Waals surface area contributed by atoms with E-state index >= 15 is 0 Å². The van der Waals surface area contributed by atoms with Crippen LogP contribution in [0.15, 0.2) is 41.5 Å². The van der Waals surface area contributed by atoms with Crippen LogP contribution in [-0.2, 0) is 19.3 Å². The number of nitrogens with zero attached hydrogens (tertiary/aromatic N) is 2. The lowest BCUT2D eigenvalue weighted by atomic mass is 9.97. The highest BCUT2D eigenvalue weighted by Gasteiger charge is 2.20. The topological polar surface area (TPSA) is 59.0 Å². The molecule has 4 rings (SSSR count). The zero-order chi connectivity index (χ0) is 17.9. The first-order valence-corrected chi connectivity index (χ1v) is 10.1. The largest absolute Gasteiger partial charge is 0.361 e. The van der Waals surface area contributed by atoms with Crippen molar-refractivity contribution in [3.05, 3.63) is 63.0 Å². The highest BCUT2D eigenvalue weighted by molar-refractivity contribution is 7.80. The van der Waals surface area contributed by atoms with Gasteiger partial charge in [-0.2, -0.15) is 0 Å². The predicted octanol–water partition coefficient (Wildman–Crippen LogP) is 3.00. The van der Waals surface area contributed by atoms with Crippen molar-refractivity contribution in [3.63, 3.8) is 0 Å². The Morgan fingerprint density at radius 2 is 2.04 bits per heavy atom. The van der Waals surface area contributed by atoms with Gasteiger partial charge in [0, 0.05) is 11.4 Å². The molecule has 7 heteroatoms. The average molecular weight is 385 g/mol. The molecule has 0 unspecified atom stereocenters. The lowest BCUT2D eigenvalue weighted by Gasteiger charge is -2.13. The van der Waals surface area contributed by atoms with E-state index in [2.05, 4.69) is 27.9 Å². The lowest BCUT2D eigenvalue weighted by molar-refractivity contribution is 0.699. The summed E-state index contributed by atoms with van der Waals surface area (Å²) in [6, 6.07) is 10.2. The molecule has 0 saturated carbocycles. The monoisotopic (exact) mass is 384 g/mol. The van der Waals surface area contributed by atoms with E-state index in [-0.39, 0.29) is 5.56 Å². The highest BCUT2D eigenvalue weighted by atomic mass is 32.1. The van der Waals surface area contributed by atoms with Crippen LogP contribution in [0.4, 0.5) is 0 Å². The average Bonchev–Trinajstić information content (AvgIpc) is 3.04. The molecular formula is C19H20N4OS2. The fourth-order valence-corrected chi connectivity index (χ4v) is 4.76. The van der Waals surface area contributed by atoms with Gasteiger partial charge in [0.15, 0.2) is 5.11 Å². The molecule has 134 valence electrons. The molecule has 1 aromatic carbocycles. The number of aromatic nitrogens is 2. The van der Waals surface area contributed by atoms with Gasteiger partial charge in [-0.05, 0) is 55.4 Å². The molecule has 0 radical (unpaired) electrons. The molecule has 1 aliphatic rings. The summed E-state index contributed by atoms with van der Waals surface area (Å²) in [5.74, 6) is 0. The molecule has 2 aromatic heterocycles. The van der Waals surface area contributed by atoms with Gasteiger partial charge in [0.1, 0.15) is 11.2 Å². The number of thiocarbonyl (C=S) groups is 1. The van der Waals surface area contributed by atoms with Crippen LogP contribution < -0.4 is 16.3 Å². The van der Waals surface area contributed by atoms with Gasteiger partial charge in [-0.3, -0.25) is 10.2 Å². The quantitative estimate of drug-likeness (QED) is 0.677. The van der Waals surface area contributed by atoms with Crippen molar-refractivity contribution in [1.29, 1.82) is 0 Å². The number of rotatable bonds is 4. The molecule has 0 saturated heterocycles. The van der Waals surface area contributed by atoms with E-state index in [4.69, 9.17) is 12.2 Å². The van der Waals surface area contributed by atoms with E-state index < -0.39 is 0 Å². The normalized spacial score (nSPS) is 13.4. The minimum absolute atomic E-state index is 0.0680. The second-order valence-corrected chi connectivity index (χ2v) is 7.91. The van der Waals surface area contributed by atoms with Gasteiger partial charge in [-0.1, -0.05) is 30.3 Å². The minimum atomic E-state index is -0.0680. The Balaban J connectivity index is 1.46. The fourth-order valence-electron chi connectivity index (χ4n) is 3.34. The van der Waals surface area contributed by atoms with Gasteiger partial charge in [0.25, 0.3) is 5.56 Å². The van der Waals surface area contributed by atoms with E-state index in [1.54, 1.807) is 11.3 Å². The molecule has 0 spiro atoms. The summed E-state index contributed by atoms with van der Waals surface area (Å²) in [5.41, 5.74) is 5.32. The summed E-state index contributed by atoms with van der Waals surface area (Å²) in [6.45, 7) is 0.702. The number of thiophene rings is 1. The third kappa shape index (κ3) is 3.50. The molecule has 2 heterocycles. The number of fused-ring (bicyclic) bond motifs is 3. The van der Waals surface area contributed by atoms with Crippen LogP contribution in [0.25, 0.3) is 10.2 Å². The molecule has 2 N–H and O–H groups in total. The molecule has 1 aliphatic carbocycles. The van der Waals surface area contributed by atoms with Crippen LogP contribution in [0.3, 0.4) is 0 Å². The van der Waals surface area contributed by atoms with E-state index in [1.807, 2.05) is 18.2 Å². The number of aryl methyl sites for hydroxylation is 2. The van der Waals surface area contributed by atoms with Crippen molar-refractivity contribution in [2.24, 2.45) is 0 Å². The first-order valence-electron chi connectivity index (χ1n) is 8.83. The van der Waals surface area contributed by atoms with Crippen molar-refractivity contribution in [1.82, 2.24) is 15.0 Å². The Kier molecular flexibility index (Phi) is 4.99. The first-order chi connectivity index (χ1) is 12.7. The van der Waals surface area contributed by atoms with E-state index in [0.29, 0.717) is 11.7 Å². The van der Waals surface area contributed by atoms with Crippen LogP contribution >= 0.6 is 23.6 Å². The standard InChI is InChI=1S/C19H20N4OS2/c24-18-16-14-8-4-5-9-15(14)26-17(16)21-12-23(18)22-19(25)20-11-10-13-6-2-1-3-7-13/h1-3,6-7,12H,4-5,8-11H2,(H2,20,22,25). The number of nitrogens with one attached hydrogen (secondary N) is 2. The minimum Gasteiger partial charge on any atom is -0.361 e. The zero-order valence-corrected chi connectivity index (χ0v) is 16.0. The van der Waals surface area contributed by atoms with Crippen molar-refractivity contribution in [2.75, 3.05) is 12.0 Å². The number of benzene rings is 1. The second kappa shape index (κ2) is 7.55. The predicted molar refractivity (Wildman–Crippen MR) is 111 cm³/mol. The van der Waals surface area contributed by atoms with Crippen LogP contribution in [-0.4, -0.2) is 21.3 Å². The van der Waals surface area contributed by atoms with Gasteiger partial charge in [0.05, 0.1) is 5.39 Å². The molecule has 0 amide bonds. The van der Waals surface area contributed by atoms with Crippen LogP contribution in [0.2, 0.25) is 0 Å². The lowest BCUT2D eigenvalue weighted by Crippen LogP contribution is -2.40. The zero-order valence-electron chi connectivity index (χ0n) is 14.3. The van der Waals surface area contributed by atoms with Gasteiger partial charge in [-0.25, -0.2) is 9.66 Å². The van der Waals surface area contributed by atoms with Crippen molar-refractivity contribution in [3.8, 4) is 0 Å². The summed E-state index contributed by atoms with van der Waals surface area (Å²) in [7, 11) is 0. The Morgan fingerprint density at radius 3 is 2.88 bits per heavy atom. The van der Waals surface area contributed by atoms with Gasteiger partial charge < -0.3 is 5.32 Å². The molecule has 0 bridgehead atoms. The highest BCUT2D eigenvalue weighted by Crippen LogP contribution is 2.33. The van der Waals surface area contributed by atoms with Crippen LogP contribution in [0.5, 0.6) is 0 Å². The van der Waals surface area contributed by atoms with Gasteiger partial charge in [-0.15, -0.1) is 11.3 Å². The summed E-state index contributed by atoms with van der Waals surface area (Å²) < 4.78 is 1.39. The molecule has 5 nitrogen and oxygen atoms in total. The Bertz CT molecular complexity index is 994. The van der Waals surface area contributed by atoms with Crippen molar-refractivity contribution in [2.45, 2.75) is 32.1 Å². The first kappa shape index (κ1) is 17.2. The third-order valence-corrected chi connectivity index (χ3v) is 6.08. The molecule has 0 fully saturated rings. The number of hydrogen-bond acceptors (Lipinski definition) is 4. The molecule has 3 aromatic rings. The van der Waals surface area contributed by atoms with Gasteiger partial charge >= 0.3 is 0 Å². The van der Waals surface area contributed by atoms with Crippen LogP contribution in [0.1, 0.15) is 28.8 Å². The fraction of sp³-hybridized carbons (Fsp3) is 0.316. The molecule has 26 heavy (non-hydrogen) atoms. The van der Waals surface area contributed by atoms with E-state index in [0.717, 1.165) is 35.9 Å². The maximum absolute atomic E-state index is 12.9. The van der Waals surface area contributed by atoms with Crippen LogP contribution in [0, 0.1) is 0 Å². The SMILES string of the molecule is O=c1c2c3c(sc2ncn1NC(=S)NCCc1ccccc1)CCCC3. The van der Waals surface area contributed by atoms with Crippen molar-refractivity contribution < 1.29 is 0 Å². The van der Waals surface area contributed by atoms with E-state index in [1.165, 1.54) is 33.4 Å². The third-order valence-electron chi connectivity index (χ3n) is 4.64. The van der Waals surface area contributed by atoms with Crippen molar-refractivity contribution >= 4 is 38.9 Å². The summed E-state index contributed by atoms with van der Waals surface area (Å²) in [5, 5.41) is 4.33. The summed E-state index contributed by atoms with van der Waals surface area (Å²) in [6.07, 6.45) is 6.76. The Labute approximate surface area is 161 Å². The maximum atomic E-state index is 12.9.